The molecule has 0 unspecified atom stereocenters. The number of hydrogen-bond acceptors (Lipinski definition) is 5. The summed E-state index contributed by atoms with van der Waals surface area (Å²) >= 11 is 6.05. The molecule has 0 spiro atoms. The molecule has 0 saturated carbocycles. The first-order valence-corrected chi connectivity index (χ1v) is 12.5. The Hall–Kier alpha value is -2.10. The summed E-state index contributed by atoms with van der Waals surface area (Å²) in [5.74, 6) is 0.460. The van der Waals surface area contributed by atoms with Crippen molar-refractivity contribution in [2.75, 3.05) is 11.3 Å². The Balaban J connectivity index is 1.76. The summed E-state index contributed by atoms with van der Waals surface area (Å²) in [6.45, 7) is 2.42. The van der Waals surface area contributed by atoms with Crippen LogP contribution < -0.4 is 9.44 Å². The van der Waals surface area contributed by atoms with E-state index in [0.717, 1.165) is 24.8 Å². The number of nitrogens with zero attached hydrogens (tertiary/aromatic N) is 1. The first-order valence-electron chi connectivity index (χ1n) is 9.12. The fraction of sp³-hybridized carbons (Fsp3) is 0.316. The van der Waals surface area contributed by atoms with Gasteiger partial charge in [0.25, 0.3) is 20.0 Å². The van der Waals surface area contributed by atoms with Crippen molar-refractivity contribution in [2.45, 2.75) is 42.4 Å². The molecule has 0 bridgehead atoms. The van der Waals surface area contributed by atoms with Crippen molar-refractivity contribution in [2.24, 2.45) is 4.99 Å². The van der Waals surface area contributed by atoms with Crippen molar-refractivity contribution in [3.8, 4) is 0 Å². The number of hydrogen-bond donors (Lipinski definition) is 2. The minimum absolute atomic E-state index is 0.0285. The first kappa shape index (κ1) is 21.6. The summed E-state index contributed by atoms with van der Waals surface area (Å²) in [7, 11) is -7.68. The van der Waals surface area contributed by atoms with Gasteiger partial charge in [-0.1, -0.05) is 24.1 Å². The number of sulfonamides is 2. The zero-order valence-electron chi connectivity index (χ0n) is 15.9. The third kappa shape index (κ3) is 5.49. The number of nitrogens with one attached hydrogen (secondary N) is 2. The fourth-order valence-electron chi connectivity index (χ4n) is 2.91. The number of anilines is 1. The van der Waals surface area contributed by atoms with Gasteiger partial charge >= 0.3 is 0 Å². The molecule has 0 atom stereocenters. The van der Waals surface area contributed by atoms with Crippen molar-refractivity contribution >= 4 is 43.2 Å². The highest BCUT2D eigenvalue weighted by molar-refractivity contribution is 7.92. The molecule has 0 radical (unpaired) electrons. The third-order valence-electron chi connectivity index (χ3n) is 4.42. The Morgan fingerprint density at radius 2 is 1.62 bits per heavy atom. The number of benzene rings is 2. The fourth-order valence-corrected chi connectivity index (χ4v) is 5.66. The van der Waals surface area contributed by atoms with Gasteiger partial charge < -0.3 is 0 Å². The normalized spacial score (nSPS) is 15.3. The molecule has 10 heteroatoms. The van der Waals surface area contributed by atoms with Crippen LogP contribution in [0.5, 0.6) is 0 Å². The number of amidine groups is 1. The van der Waals surface area contributed by atoms with Gasteiger partial charge in [-0.3, -0.25) is 14.4 Å². The summed E-state index contributed by atoms with van der Waals surface area (Å²) in [5.41, 5.74) is 1.07. The van der Waals surface area contributed by atoms with E-state index < -0.39 is 20.0 Å². The minimum atomic E-state index is -3.90. The Morgan fingerprint density at radius 3 is 2.31 bits per heavy atom. The van der Waals surface area contributed by atoms with E-state index in [2.05, 4.69) is 14.4 Å². The van der Waals surface area contributed by atoms with Crippen molar-refractivity contribution in [1.29, 1.82) is 0 Å². The minimum Gasteiger partial charge on any atom is -0.280 e. The van der Waals surface area contributed by atoms with E-state index in [4.69, 9.17) is 11.6 Å². The highest BCUT2D eigenvalue weighted by Gasteiger charge is 2.20. The monoisotopic (exact) mass is 455 g/mol. The van der Waals surface area contributed by atoms with E-state index in [1.165, 1.54) is 30.3 Å². The van der Waals surface area contributed by atoms with Gasteiger partial charge in [0.05, 0.1) is 9.92 Å². The highest BCUT2D eigenvalue weighted by Crippen LogP contribution is 2.25. The Morgan fingerprint density at radius 1 is 0.897 bits per heavy atom. The Kier molecular flexibility index (Phi) is 6.50. The molecule has 7 nitrogen and oxygen atoms in total. The van der Waals surface area contributed by atoms with Crippen LogP contribution in [0.4, 0.5) is 5.69 Å². The summed E-state index contributed by atoms with van der Waals surface area (Å²) in [4.78, 5) is 4.25. The van der Waals surface area contributed by atoms with Gasteiger partial charge in [0.15, 0.2) is 0 Å². The molecule has 0 aliphatic carbocycles. The van der Waals surface area contributed by atoms with Gasteiger partial charge in [0.1, 0.15) is 10.7 Å². The SMILES string of the molecule is Cc1ccc(S(=O)(=O)Nc2ccc(S(=O)(=O)NC3=NCCCCC3)cc2)c(Cl)c1. The van der Waals surface area contributed by atoms with E-state index >= 15 is 0 Å². The zero-order valence-corrected chi connectivity index (χ0v) is 18.2. The molecule has 0 fully saturated rings. The molecule has 2 aromatic rings. The molecular weight excluding hydrogens is 434 g/mol. The third-order valence-corrected chi connectivity index (χ3v) is 7.68. The van der Waals surface area contributed by atoms with E-state index in [0.29, 0.717) is 18.8 Å². The lowest BCUT2D eigenvalue weighted by Crippen LogP contribution is -2.30. The van der Waals surface area contributed by atoms with Crippen molar-refractivity contribution in [1.82, 2.24) is 4.72 Å². The Bertz CT molecular complexity index is 1130. The predicted octanol–water partition coefficient (Wildman–Crippen LogP) is 3.70. The van der Waals surface area contributed by atoms with Crippen molar-refractivity contribution < 1.29 is 16.8 Å². The number of halogens is 1. The molecule has 0 saturated heterocycles. The summed E-state index contributed by atoms with van der Waals surface area (Å²) < 4.78 is 55.2. The van der Waals surface area contributed by atoms with Crippen LogP contribution in [0.2, 0.25) is 5.02 Å². The quantitative estimate of drug-likeness (QED) is 0.717. The predicted molar refractivity (Wildman–Crippen MR) is 115 cm³/mol. The molecule has 1 aliphatic rings. The molecule has 2 aromatic carbocycles. The zero-order chi connectivity index (χ0) is 21.1. The molecule has 0 aromatic heterocycles. The molecule has 2 N–H and O–H groups in total. The summed E-state index contributed by atoms with van der Waals surface area (Å²) in [6.07, 6.45) is 3.46. The maximum absolute atomic E-state index is 12.6. The van der Waals surface area contributed by atoms with Crippen LogP contribution in [0, 0.1) is 6.92 Å². The first-order chi connectivity index (χ1) is 13.7. The van der Waals surface area contributed by atoms with Crippen LogP contribution in [-0.2, 0) is 20.0 Å². The second-order valence-corrected chi connectivity index (χ2v) is 10.5. The average molecular weight is 456 g/mol. The lowest BCUT2D eigenvalue weighted by atomic mass is 10.2. The molecule has 3 rings (SSSR count). The topological polar surface area (TPSA) is 105 Å². The smallest absolute Gasteiger partial charge is 0.263 e. The largest absolute Gasteiger partial charge is 0.280 e. The van der Waals surface area contributed by atoms with Gasteiger partial charge in [-0.05, 0) is 61.7 Å². The second kappa shape index (κ2) is 8.73. The molecule has 1 heterocycles. The average Bonchev–Trinajstić information content (AvgIpc) is 2.89. The maximum Gasteiger partial charge on any atom is 0.263 e. The van der Waals surface area contributed by atoms with E-state index in [1.54, 1.807) is 12.1 Å². The molecule has 29 heavy (non-hydrogen) atoms. The van der Waals surface area contributed by atoms with Gasteiger partial charge in [0, 0.05) is 18.7 Å². The standard InChI is InChI=1S/C19H22ClN3O4S2/c1-14-6-11-18(17(20)13-14)29(26,27)22-15-7-9-16(10-8-15)28(24,25)23-19-5-3-2-4-12-21-19/h6-11,13,22H,2-5,12H2,1H3,(H,21,23). The lowest BCUT2D eigenvalue weighted by molar-refractivity contribution is 0.591. The molecule has 0 amide bonds. The van der Waals surface area contributed by atoms with Crippen LogP contribution in [0.1, 0.15) is 31.2 Å². The van der Waals surface area contributed by atoms with Crippen LogP contribution in [0.25, 0.3) is 0 Å². The van der Waals surface area contributed by atoms with Gasteiger partial charge in [-0.2, -0.15) is 0 Å². The van der Waals surface area contributed by atoms with Crippen molar-refractivity contribution in [3.05, 3.63) is 53.1 Å². The summed E-state index contributed by atoms with van der Waals surface area (Å²) in [6, 6.07) is 10.1. The van der Waals surface area contributed by atoms with Gasteiger partial charge in [0.2, 0.25) is 0 Å². The Labute approximate surface area is 176 Å². The number of rotatable bonds is 5. The van der Waals surface area contributed by atoms with Crippen molar-refractivity contribution in [3.63, 3.8) is 0 Å². The molecule has 1 aliphatic heterocycles. The lowest BCUT2D eigenvalue weighted by Gasteiger charge is -2.12. The maximum atomic E-state index is 12.6. The van der Waals surface area contributed by atoms with Gasteiger partial charge in [-0.25, -0.2) is 16.8 Å². The van der Waals surface area contributed by atoms with Crippen LogP contribution in [-0.4, -0.2) is 29.2 Å². The van der Waals surface area contributed by atoms with Crippen LogP contribution in [0.3, 0.4) is 0 Å². The molecular formula is C19H22ClN3O4S2. The van der Waals surface area contributed by atoms with E-state index in [-0.39, 0.29) is 20.5 Å². The van der Waals surface area contributed by atoms with E-state index in [9.17, 15) is 16.8 Å². The summed E-state index contributed by atoms with van der Waals surface area (Å²) in [5, 5.41) is 0.116. The van der Waals surface area contributed by atoms with Crippen LogP contribution >= 0.6 is 11.6 Å². The molecule has 156 valence electrons. The van der Waals surface area contributed by atoms with Gasteiger partial charge in [-0.15, -0.1) is 0 Å². The van der Waals surface area contributed by atoms with Crippen LogP contribution in [0.15, 0.2) is 57.2 Å². The number of aryl methyl sites for hydroxylation is 1. The highest BCUT2D eigenvalue weighted by atomic mass is 35.5. The number of aliphatic imine (C=N–C) groups is 1. The van der Waals surface area contributed by atoms with E-state index in [1.807, 2.05) is 6.92 Å². The second-order valence-electron chi connectivity index (χ2n) is 6.81.